The summed E-state index contributed by atoms with van der Waals surface area (Å²) < 4.78 is 0. The van der Waals surface area contributed by atoms with Gasteiger partial charge in [0.15, 0.2) is 0 Å². The molecule has 0 heterocycles. The van der Waals surface area contributed by atoms with Gasteiger partial charge < -0.3 is 15.5 Å². The number of aliphatic hydroxyl groups excluding tert-OH is 1. The Hall–Kier alpha value is -1.55. The number of benzene rings is 1. The molecule has 0 aromatic heterocycles. The standard InChI is InChI=1S/C10H13NO3/c1-7(12)6-11-10(14)8-2-4-9(13)5-3-8/h2-5,7,12-13H,6H2,1H3,(H,11,14). The van der Waals surface area contributed by atoms with Gasteiger partial charge in [-0.1, -0.05) is 0 Å². The average molecular weight is 195 g/mol. The van der Waals surface area contributed by atoms with Gasteiger partial charge in [-0.3, -0.25) is 4.79 Å². The Bertz CT molecular complexity index is 306. The smallest absolute Gasteiger partial charge is 0.251 e. The molecule has 0 fully saturated rings. The van der Waals surface area contributed by atoms with Gasteiger partial charge in [0.2, 0.25) is 0 Å². The van der Waals surface area contributed by atoms with Crippen molar-refractivity contribution in [1.82, 2.24) is 5.32 Å². The summed E-state index contributed by atoms with van der Waals surface area (Å²) in [5, 5.41) is 20.5. The van der Waals surface area contributed by atoms with Gasteiger partial charge in [-0.25, -0.2) is 0 Å². The second-order valence-electron chi connectivity index (χ2n) is 3.11. The highest BCUT2D eigenvalue weighted by atomic mass is 16.3. The van der Waals surface area contributed by atoms with Crippen molar-refractivity contribution in [3.63, 3.8) is 0 Å². The van der Waals surface area contributed by atoms with E-state index < -0.39 is 6.10 Å². The minimum absolute atomic E-state index is 0.122. The normalized spacial score (nSPS) is 12.1. The van der Waals surface area contributed by atoms with E-state index in [1.807, 2.05) is 0 Å². The van der Waals surface area contributed by atoms with Gasteiger partial charge in [-0.2, -0.15) is 0 Å². The van der Waals surface area contributed by atoms with Crippen molar-refractivity contribution in [1.29, 1.82) is 0 Å². The molecule has 3 N–H and O–H groups in total. The van der Waals surface area contributed by atoms with Crippen LogP contribution in [0.5, 0.6) is 5.75 Å². The number of aromatic hydroxyl groups is 1. The molecule has 1 rings (SSSR count). The molecule has 4 heteroatoms. The highest BCUT2D eigenvalue weighted by molar-refractivity contribution is 5.94. The number of carbonyl (C=O) groups excluding carboxylic acids is 1. The fraction of sp³-hybridized carbons (Fsp3) is 0.300. The van der Waals surface area contributed by atoms with E-state index in [0.29, 0.717) is 5.56 Å². The molecular weight excluding hydrogens is 182 g/mol. The summed E-state index contributed by atoms with van der Waals surface area (Å²) in [6, 6.07) is 5.92. The molecule has 0 radical (unpaired) electrons. The predicted molar refractivity (Wildman–Crippen MR) is 52.1 cm³/mol. The van der Waals surface area contributed by atoms with Crippen LogP contribution in [-0.4, -0.2) is 28.8 Å². The molecule has 0 aliphatic carbocycles. The van der Waals surface area contributed by atoms with Crippen molar-refractivity contribution in [3.05, 3.63) is 29.8 Å². The summed E-state index contributed by atoms with van der Waals surface area (Å²) in [4.78, 5) is 11.4. The fourth-order valence-electron chi connectivity index (χ4n) is 0.955. The highest BCUT2D eigenvalue weighted by Crippen LogP contribution is 2.09. The third-order valence-corrected chi connectivity index (χ3v) is 1.69. The van der Waals surface area contributed by atoms with Crippen LogP contribution < -0.4 is 5.32 Å². The summed E-state index contributed by atoms with van der Waals surface area (Å²) in [6.07, 6.45) is -0.559. The maximum absolute atomic E-state index is 11.4. The van der Waals surface area contributed by atoms with E-state index in [0.717, 1.165) is 0 Å². The van der Waals surface area contributed by atoms with E-state index >= 15 is 0 Å². The van der Waals surface area contributed by atoms with Crippen molar-refractivity contribution in [2.24, 2.45) is 0 Å². The zero-order chi connectivity index (χ0) is 10.6. The van der Waals surface area contributed by atoms with Crippen molar-refractivity contribution < 1.29 is 15.0 Å². The van der Waals surface area contributed by atoms with Crippen LogP contribution in [0.1, 0.15) is 17.3 Å². The number of hydrogen-bond donors (Lipinski definition) is 3. The van der Waals surface area contributed by atoms with E-state index in [4.69, 9.17) is 10.2 Å². The summed E-state index contributed by atoms with van der Waals surface area (Å²) in [6.45, 7) is 1.82. The Labute approximate surface area is 82.2 Å². The molecule has 0 bridgehead atoms. The van der Waals surface area contributed by atoms with Crippen molar-refractivity contribution >= 4 is 5.91 Å². The fourth-order valence-corrected chi connectivity index (χ4v) is 0.955. The van der Waals surface area contributed by atoms with Crippen LogP contribution in [0, 0.1) is 0 Å². The molecule has 1 atom stereocenters. The van der Waals surface area contributed by atoms with Gasteiger partial charge in [0, 0.05) is 12.1 Å². The molecule has 0 aliphatic heterocycles. The first-order valence-corrected chi connectivity index (χ1v) is 4.35. The zero-order valence-corrected chi connectivity index (χ0v) is 7.90. The number of amides is 1. The third kappa shape index (κ3) is 3.06. The summed E-state index contributed by atoms with van der Waals surface area (Å²) >= 11 is 0. The summed E-state index contributed by atoms with van der Waals surface area (Å²) in [5.41, 5.74) is 0.462. The van der Waals surface area contributed by atoms with Crippen molar-refractivity contribution in [3.8, 4) is 5.75 Å². The number of nitrogens with one attached hydrogen (secondary N) is 1. The van der Waals surface area contributed by atoms with Crippen LogP contribution in [0.4, 0.5) is 0 Å². The number of phenols is 1. The lowest BCUT2D eigenvalue weighted by Gasteiger charge is -2.06. The molecule has 14 heavy (non-hydrogen) atoms. The SMILES string of the molecule is CC(O)CNC(=O)c1ccc(O)cc1. The third-order valence-electron chi connectivity index (χ3n) is 1.69. The number of rotatable bonds is 3. The van der Waals surface area contributed by atoms with Gasteiger partial charge in [0.25, 0.3) is 5.91 Å². The van der Waals surface area contributed by atoms with Gasteiger partial charge in [-0.05, 0) is 31.2 Å². The minimum atomic E-state index is -0.559. The molecule has 0 saturated carbocycles. The lowest BCUT2D eigenvalue weighted by atomic mass is 10.2. The Balaban J connectivity index is 2.57. The average Bonchev–Trinajstić information content (AvgIpc) is 2.15. The lowest BCUT2D eigenvalue weighted by molar-refractivity contribution is 0.0924. The number of phenolic OH excluding ortho intramolecular Hbond substituents is 1. The molecule has 76 valence electrons. The monoisotopic (exact) mass is 195 g/mol. The van der Waals surface area contributed by atoms with Gasteiger partial charge >= 0.3 is 0 Å². The summed E-state index contributed by atoms with van der Waals surface area (Å²) in [5.74, 6) is -0.136. The molecule has 1 aromatic rings. The lowest BCUT2D eigenvalue weighted by Crippen LogP contribution is -2.30. The molecular formula is C10H13NO3. The van der Waals surface area contributed by atoms with Gasteiger partial charge in [0.05, 0.1) is 6.10 Å². The van der Waals surface area contributed by atoms with Crippen LogP contribution in [0.2, 0.25) is 0 Å². The van der Waals surface area contributed by atoms with Crippen LogP contribution in [0.25, 0.3) is 0 Å². The Kier molecular flexibility index (Phi) is 3.48. The first-order valence-electron chi connectivity index (χ1n) is 4.35. The van der Waals surface area contributed by atoms with Crippen LogP contribution in [0.15, 0.2) is 24.3 Å². The molecule has 0 spiro atoms. The number of hydrogen-bond acceptors (Lipinski definition) is 3. The van der Waals surface area contributed by atoms with Crippen LogP contribution in [0.3, 0.4) is 0 Å². The topological polar surface area (TPSA) is 69.6 Å². The van der Waals surface area contributed by atoms with E-state index in [9.17, 15) is 4.79 Å². The van der Waals surface area contributed by atoms with E-state index in [1.165, 1.54) is 24.3 Å². The second-order valence-corrected chi connectivity index (χ2v) is 3.11. The number of aliphatic hydroxyl groups is 1. The van der Waals surface area contributed by atoms with Crippen molar-refractivity contribution in [2.45, 2.75) is 13.0 Å². The first-order chi connectivity index (χ1) is 6.59. The van der Waals surface area contributed by atoms with E-state index in [2.05, 4.69) is 5.32 Å². The van der Waals surface area contributed by atoms with Gasteiger partial charge in [-0.15, -0.1) is 0 Å². The molecule has 1 amide bonds. The minimum Gasteiger partial charge on any atom is -0.508 e. The molecule has 1 unspecified atom stereocenters. The zero-order valence-electron chi connectivity index (χ0n) is 7.90. The predicted octanol–water partition coefficient (Wildman–Crippen LogP) is 0.503. The quantitative estimate of drug-likeness (QED) is 0.658. The van der Waals surface area contributed by atoms with Crippen LogP contribution >= 0.6 is 0 Å². The molecule has 4 nitrogen and oxygen atoms in total. The van der Waals surface area contributed by atoms with Crippen molar-refractivity contribution in [2.75, 3.05) is 6.54 Å². The molecule has 1 aromatic carbocycles. The molecule has 0 saturated heterocycles. The second kappa shape index (κ2) is 4.62. The van der Waals surface area contributed by atoms with Gasteiger partial charge in [0.1, 0.15) is 5.75 Å². The highest BCUT2D eigenvalue weighted by Gasteiger charge is 2.05. The largest absolute Gasteiger partial charge is 0.508 e. The molecule has 0 aliphatic rings. The maximum Gasteiger partial charge on any atom is 0.251 e. The Morgan fingerprint density at radius 1 is 1.43 bits per heavy atom. The first kappa shape index (κ1) is 10.5. The Morgan fingerprint density at radius 2 is 2.00 bits per heavy atom. The Morgan fingerprint density at radius 3 is 2.50 bits per heavy atom. The van der Waals surface area contributed by atoms with E-state index in [-0.39, 0.29) is 18.2 Å². The summed E-state index contributed by atoms with van der Waals surface area (Å²) in [7, 11) is 0. The van der Waals surface area contributed by atoms with E-state index in [1.54, 1.807) is 6.92 Å². The maximum atomic E-state index is 11.4. The number of carbonyl (C=O) groups is 1. The van der Waals surface area contributed by atoms with Crippen LogP contribution in [-0.2, 0) is 0 Å².